The number of amidine groups is 1. The lowest BCUT2D eigenvalue weighted by atomic mass is 10.0. The summed E-state index contributed by atoms with van der Waals surface area (Å²) in [6, 6.07) is 20.5. The number of halogens is 2. The van der Waals surface area contributed by atoms with Crippen molar-refractivity contribution in [1.29, 1.82) is 0 Å². The van der Waals surface area contributed by atoms with Crippen LogP contribution in [0.5, 0.6) is 5.75 Å². The summed E-state index contributed by atoms with van der Waals surface area (Å²) in [7, 11) is -2.31. The van der Waals surface area contributed by atoms with Crippen LogP contribution in [0.4, 0.5) is 8.78 Å². The molecule has 0 fully saturated rings. The minimum absolute atomic E-state index is 0.110. The highest BCUT2D eigenvalue weighted by Crippen LogP contribution is 2.39. The van der Waals surface area contributed by atoms with E-state index < -0.39 is 14.1 Å². The first-order valence-corrected chi connectivity index (χ1v) is 16.0. The van der Waals surface area contributed by atoms with Gasteiger partial charge in [0, 0.05) is 18.2 Å². The molecule has 0 spiro atoms. The van der Waals surface area contributed by atoms with E-state index in [2.05, 4.69) is 38.9 Å². The highest BCUT2D eigenvalue weighted by molar-refractivity contribution is 6.74. The molecule has 8 heteroatoms. The summed E-state index contributed by atoms with van der Waals surface area (Å²) < 4.78 is 35.7. The van der Waals surface area contributed by atoms with Crippen molar-refractivity contribution < 1.29 is 18.0 Å². The third-order valence-corrected chi connectivity index (χ3v) is 11.8. The maximum Gasteiger partial charge on any atom is 0.282 e. The Kier molecular flexibility index (Phi) is 7.14. The number of hydrogen-bond donors (Lipinski definition) is 0. The van der Waals surface area contributed by atoms with E-state index in [1.165, 1.54) is 23.2 Å². The second-order valence-electron chi connectivity index (χ2n) is 11.4. The fraction of sp³-hybridized carbons (Fsp3) is 0.219. The Morgan fingerprint density at radius 3 is 2.30 bits per heavy atom. The van der Waals surface area contributed by atoms with Crippen LogP contribution in [-0.4, -0.2) is 30.7 Å². The molecule has 0 N–H and O–H groups in total. The summed E-state index contributed by atoms with van der Waals surface area (Å²) in [5, 5.41) is -0.110. The fourth-order valence-corrected chi connectivity index (χ4v) is 5.18. The molecule has 1 amide bonds. The molecule has 3 aromatic rings. The van der Waals surface area contributed by atoms with Crippen LogP contribution in [0, 0.1) is 11.6 Å². The molecular formula is C32H31F2N3O2Si. The van der Waals surface area contributed by atoms with E-state index in [9.17, 15) is 9.18 Å². The van der Waals surface area contributed by atoms with Crippen molar-refractivity contribution in [3.05, 3.63) is 113 Å². The van der Waals surface area contributed by atoms with Crippen molar-refractivity contribution in [2.45, 2.75) is 45.3 Å². The third-order valence-electron chi connectivity index (χ3n) is 7.46. The molecule has 0 aliphatic carbocycles. The molecule has 5 nitrogen and oxygen atoms in total. The van der Waals surface area contributed by atoms with Gasteiger partial charge in [0.05, 0.1) is 11.4 Å². The summed E-state index contributed by atoms with van der Waals surface area (Å²) in [6.07, 6.45) is 3.52. The molecule has 5 rings (SSSR count). The van der Waals surface area contributed by atoms with Crippen LogP contribution in [0.25, 0.3) is 11.8 Å². The first-order chi connectivity index (χ1) is 18.9. The summed E-state index contributed by atoms with van der Waals surface area (Å²) in [5.41, 5.74) is 2.89. The first kappa shape index (κ1) is 27.4. The normalized spacial score (nSPS) is 16.5. The maximum absolute atomic E-state index is 16.0. The number of aliphatic imine (C=N–C) groups is 2. The number of carbonyl (C=O) groups excluding carboxylic acids is 1. The van der Waals surface area contributed by atoms with Gasteiger partial charge in [0.25, 0.3) is 14.2 Å². The Morgan fingerprint density at radius 1 is 0.925 bits per heavy atom. The SMILES string of the molecule is CC(C)(C)[Si](C)(C)Oc1cccc(C2=CN3C(=O)/C(=C/c4ccc(F)cc4)N=C3C(Cc3ccccc3)=N2)c1F. The van der Waals surface area contributed by atoms with Crippen LogP contribution in [0.1, 0.15) is 37.5 Å². The number of benzene rings is 3. The minimum atomic E-state index is -2.31. The lowest BCUT2D eigenvalue weighted by molar-refractivity contribution is -0.120. The highest BCUT2D eigenvalue weighted by atomic mass is 28.4. The molecule has 0 radical (unpaired) electrons. The second-order valence-corrected chi connectivity index (χ2v) is 16.1. The Bertz CT molecular complexity index is 1580. The molecule has 0 bridgehead atoms. The third kappa shape index (κ3) is 5.44. The predicted octanol–water partition coefficient (Wildman–Crippen LogP) is 7.63. The van der Waals surface area contributed by atoms with E-state index in [-0.39, 0.29) is 33.8 Å². The average Bonchev–Trinajstić information content (AvgIpc) is 3.22. The number of fused-ring (bicyclic) bond motifs is 1. The average molecular weight is 556 g/mol. The molecule has 2 aliphatic heterocycles. The van der Waals surface area contributed by atoms with Gasteiger partial charge < -0.3 is 4.43 Å². The van der Waals surface area contributed by atoms with Crippen LogP contribution in [0.3, 0.4) is 0 Å². The van der Waals surface area contributed by atoms with E-state index in [1.807, 2.05) is 30.3 Å². The molecule has 0 unspecified atom stereocenters. The van der Waals surface area contributed by atoms with E-state index in [0.717, 1.165) is 5.56 Å². The zero-order valence-electron chi connectivity index (χ0n) is 23.2. The molecule has 0 atom stereocenters. The lowest BCUT2D eigenvalue weighted by Crippen LogP contribution is -2.44. The number of carbonyl (C=O) groups is 1. The van der Waals surface area contributed by atoms with Gasteiger partial charge in [0.15, 0.2) is 11.7 Å². The van der Waals surface area contributed by atoms with Crippen LogP contribution in [0.2, 0.25) is 18.1 Å². The van der Waals surface area contributed by atoms with Gasteiger partial charge in [-0.05, 0) is 59.6 Å². The van der Waals surface area contributed by atoms with Crippen molar-refractivity contribution in [3.63, 3.8) is 0 Å². The molecule has 0 saturated heterocycles. The van der Waals surface area contributed by atoms with Gasteiger partial charge in [0.2, 0.25) is 0 Å². The van der Waals surface area contributed by atoms with Gasteiger partial charge in [-0.15, -0.1) is 0 Å². The largest absolute Gasteiger partial charge is 0.542 e. The van der Waals surface area contributed by atoms with Crippen molar-refractivity contribution in [1.82, 2.24) is 4.90 Å². The van der Waals surface area contributed by atoms with Gasteiger partial charge in [-0.1, -0.05) is 69.3 Å². The van der Waals surface area contributed by atoms with Gasteiger partial charge in [-0.2, -0.15) is 0 Å². The molecule has 204 valence electrons. The molecule has 2 heterocycles. The quantitative estimate of drug-likeness (QED) is 0.232. The zero-order valence-corrected chi connectivity index (χ0v) is 24.2. The number of rotatable bonds is 6. The minimum Gasteiger partial charge on any atom is -0.542 e. The number of hydrogen-bond acceptors (Lipinski definition) is 4. The number of amides is 1. The Labute approximate surface area is 234 Å². The van der Waals surface area contributed by atoms with Gasteiger partial charge >= 0.3 is 0 Å². The highest BCUT2D eigenvalue weighted by Gasteiger charge is 2.40. The first-order valence-electron chi connectivity index (χ1n) is 13.1. The molecule has 0 aromatic heterocycles. The van der Waals surface area contributed by atoms with Crippen molar-refractivity contribution in [3.8, 4) is 5.75 Å². The Hall–Kier alpha value is -4.17. The monoisotopic (exact) mass is 555 g/mol. The molecule has 3 aromatic carbocycles. The molecule has 0 saturated carbocycles. The second kappa shape index (κ2) is 10.4. The summed E-state index contributed by atoms with van der Waals surface area (Å²) >= 11 is 0. The lowest BCUT2D eigenvalue weighted by Gasteiger charge is -2.36. The molecule has 40 heavy (non-hydrogen) atoms. The summed E-state index contributed by atoms with van der Waals surface area (Å²) in [6.45, 7) is 10.4. The smallest absolute Gasteiger partial charge is 0.282 e. The maximum atomic E-state index is 16.0. The summed E-state index contributed by atoms with van der Waals surface area (Å²) in [5.74, 6) is -0.689. The van der Waals surface area contributed by atoms with Crippen LogP contribution < -0.4 is 4.43 Å². The predicted molar refractivity (Wildman–Crippen MR) is 158 cm³/mol. The van der Waals surface area contributed by atoms with E-state index in [0.29, 0.717) is 29.2 Å². The zero-order chi connectivity index (χ0) is 28.7. The van der Waals surface area contributed by atoms with E-state index >= 15 is 4.39 Å². The molecule has 2 aliphatic rings. The summed E-state index contributed by atoms with van der Waals surface area (Å²) in [4.78, 5) is 24.3. The fourth-order valence-electron chi connectivity index (χ4n) is 4.17. The van der Waals surface area contributed by atoms with Crippen LogP contribution in [0.15, 0.2) is 94.7 Å². The topological polar surface area (TPSA) is 54.3 Å². The van der Waals surface area contributed by atoms with Crippen molar-refractivity contribution in [2.24, 2.45) is 9.98 Å². The van der Waals surface area contributed by atoms with Gasteiger partial charge in [0.1, 0.15) is 17.3 Å². The Morgan fingerprint density at radius 2 is 1.62 bits per heavy atom. The van der Waals surface area contributed by atoms with Crippen molar-refractivity contribution in [2.75, 3.05) is 0 Å². The van der Waals surface area contributed by atoms with Crippen LogP contribution >= 0.6 is 0 Å². The number of nitrogens with zero attached hydrogens (tertiary/aromatic N) is 3. The standard InChI is InChI=1S/C32H31F2N3O2Si/c1-32(2,3)40(4,5)39-28-13-9-12-24(29(28)34)27-20-37-30(25(35-27)18-21-10-7-6-8-11-21)36-26(31(37)38)19-22-14-16-23(33)17-15-22/h6-17,19-20H,18H2,1-5H3/b26-19-. The van der Waals surface area contributed by atoms with Crippen LogP contribution in [-0.2, 0) is 11.2 Å². The van der Waals surface area contributed by atoms with E-state index in [1.54, 1.807) is 36.4 Å². The van der Waals surface area contributed by atoms with Gasteiger partial charge in [-0.25, -0.2) is 18.8 Å². The van der Waals surface area contributed by atoms with Gasteiger partial charge in [-0.3, -0.25) is 9.69 Å². The van der Waals surface area contributed by atoms with E-state index in [4.69, 9.17) is 9.42 Å². The molecular weight excluding hydrogens is 524 g/mol. The Balaban J connectivity index is 1.57. The van der Waals surface area contributed by atoms with Crippen molar-refractivity contribution >= 4 is 37.5 Å².